The first kappa shape index (κ1) is 16.1. The molecular weight excluding hydrogens is 308 g/mol. The van der Waals surface area contributed by atoms with Gasteiger partial charge in [0.2, 0.25) is 6.79 Å². The molecule has 2 aromatic carbocycles. The number of carbonyl (C=O) groups excluding carboxylic acids is 2. The summed E-state index contributed by atoms with van der Waals surface area (Å²) in [6, 6.07) is 14.3. The van der Waals surface area contributed by atoms with Crippen molar-refractivity contribution in [3.63, 3.8) is 0 Å². The second-order valence-corrected chi connectivity index (χ2v) is 5.47. The molecule has 24 heavy (non-hydrogen) atoms. The van der Waals surface area contributed by atoms with Crippen LogP contribution in [-0.4, -0.2) is 25.2 Å². The van der Waals surface area contributed by atoms with Crippen LogP contribution in [0.5, 0.6) is 11.5 Å². The zero-order valence-corrected chi connectivity index (χ0v) is 13.4. The fraction of sp³-hybridized carbons (Fsp3) is 0.263. The summed E-state index contributed by atoms with van der Waals surface area (Å²) >= 11 is 0. The molecule has 0 aromatic heterocycles. The Bertz CT molecular complexity index is 739. The lowest BCUT2D eigenvalue weighted by Crippen LogP contribution is -2.19. The summed E-state index contributed by atoms with van der Waals surface area (Å²) < 4.78 is 15.7. The SMILES string of the molecule is CCC(C(=O)OCC(=O)c1ccc2c(c1)OCO2)c1ccccc1. The summed E-state index contributed by atoms with van der Waals surface area (Å²) in [6.07, 6.45) is 0.612. The van der Waals surface area contributed by atoms with Crippen molar-refractivity contribution >= 4 is 11.8 Å². The summed E-state index contributed by atoms with van der Waals surface area (Å²) in [5.74, 6) is 0.111. The third kappa shape index (κ3) is 3.40. The molecule has 0 bridgehead atoms. The molecular formula is C19H18O5. The van der Waals surface area contributed by atoms with Gasteiger partial charge in [-0.05, 0) is 30.2 Å². The Morgan fingerprint density at radius 1 is 1.08 bits per heavy atom. The van der Waals surface area contributed by atoms with Gasteiger partial charge in [0.15, 0.2) is 23.9 Å². The van der Waals surface area contributed by atoms with E-state index in [4.69, 9.17) is 14.2 Å². The van der Waals surface area contributed by atoms with Crippen molar-refractivity contribution < 1.29 is 23.8 Å². The van der Waals surface area contributed by atoms with Crippen molar-refractivity contribution in [3.05, 3.63) is 59.7 Å². The van der Waals surface area contributed by atoms with E-state index in [1.54, 1.807) is 18.2 Å². The van der Waals surface area contributed by atoms with E-state index in [0.717, 1.165) is 5.56 Å². The van der Waals surface area contributed by atoms with E-state index in [2.05, 4.69) is 0 Å². The number of benzene rings is 2. The van der Waals surface area contributed by atoms with E-state index >= 15 is 0 Å². The minimum absolute atomic E-state index is 0.150. The molecule has 1 aliphatic rings. The molecule has 2 aromatic rings. The van der Waals surface area contributed by atoms with Gasteiger partial charge in [-0.15, -0.1) is 0 Å². The normalized spacial score (nSPS) is 13.4. The number of ether oxygens (including phenoxy) is 3. The molecule has 1 unspecified atom stereocenters. The summed E-state index contributed by atoms with van der Waals surface area (Å²) in [6.45, 7) is 1.78. The number of esters is 1. The van der Waals surface area contributed by atoms with Gasteiger partial charge in [-0.1, -0.05) is 37.3 Å². The van der Waals surface area contributed by atoms with Gasteiger partial charge in [0, 0.05) is 5.56 Å². The van der Waals surface area contributed by atoms with Gasteiger partial charge in [-0.2, -0.15) is 0 Å². The molecule has 0 spiro atoms. The van der Waals surface area contributed by atoms with Gasteiger partial charge in [-0.3, -0.25) is 9.59 Å². The Morgan fingerprint density at radius 3 is 2.58 bits per heavy atom. The molecule has 0 saturated carbocycles. The zero-order chi connectivity index (χ0) is 16.9. The van der Waals surface area contributed by atoms with Crippen LogP contribution in [0.15, 0.2) is 48.5 Å². The van der Waals surface area contributed by atoms with Crippen molar-refractivity contribution in [2.45, 2.75) is 19.3 Å². The second kappa shape index (κ2) is 7.17. The Hall–Kier alpha value is -2.82. The lowest BCUT2D eigenvalue weighted by molar-refractivity contribution is -0.144. The van der Waals surface area contributed by atoms with Gasteiger partial charge in [0.05, 0.1) is 5.92 Å². The van der Waals surface area contributed by atoms with Gasteiger partial charge >= 0.3 is 5.97 Å². The third-order valence-electron chi connectivity index (χ3n) is 3.93. The highest BCUT2D eigenvalue weighted by molar-refractivity contribution is 5.98. The summed E-state index contributed by atoms with van der Waals surface area (Å²) in [5, 5.41) is 0. The first-order valence-electron chi connectivity index (χ1n) is 7.83. The number of hydrogen-bond acceptors (Lipinski definition) is 5. The van der Waals surface area contributed by atoms with Gasteiger partial charge < -0.3 is 14.2 Å². The van der Waals surface area contributed by atoms with Crippen molar-refractivity contribution in [2.75, 3.05) is 13.4 Å². The average molecular weight is 326 g/mol. The van der Waals surface area contributed by atoms with Crippen LogP contribution in [0.25, 0.3) is 0 Å². The number of fused-ring (bicyclic) bond motifs is 1. The van der Waals surface area contributed by atoms with Crippen molar-refractivity contribution in [2.24, 2.45) is 0 Å². The molecule has 1 heterocycles. The highest BCUT2D eigenvalue weighted by Crippen LogP contribution is 2.32. The fourth-order valence-corrected chi connectivity index (χ4v) is 2.61. The van der Waals surface area contributed by atoms with E-state index in [9.17, 15) is 9.59 Å². The maximum absolute atomic E-state index is 12.3. The summed E-state index contributed by atoms with van der Waals surface area (Å²) in [4.78, 5) is 24.5. The molecule has 1 aliphatic heterocycles. The topological polar surface area (TPSA) is 61.8 Å². The molecule has 3 rings (SSSR count). The van der Waals surface area contributed by atoms with E-state index in [1.807, 2.05) is 37.3 Å². The Labute approximate surface area is 140 Å². The zero-order valence-electron chi connectivity index (χ0n) is 13.4. The monoisotopic (exact) mass is 326 g/mol. The largest absolute Gasteiger partial charge is 0.457 e. The van der Waals surface area contributed by atoms with E-state index < -0.39 is 5.97 Å². The highest BCUT2D eigenvalue weighted by atomic mass is 16.7. The van der Waals surface area contributed by atoms with Crippen LogP contribution in [0.4, 0.5) is 0 Å². The van der Waals surface area contributed by atoms with Gasteiger partial charge in [0.25, 0.3) is 0 Å². The van der Waals surface area contributed by atoms with Crippen LogP contribution in [0, 0.1) is 0 Å². The van der Waals surface area contributed by atoms with Crippen molar-refractivity contribution in [1.82, 2.24) is 0 Å². The minimum atomic E-state index is -0.391. The van der Waals surface area contributed by atoms with Crippen molar-refractivity contribution in [1.29, 1.82) is 0 Å². The maximum atomic E-state index is 12.3. The van der Waals surface area contributed by atoms with Crippen LogP contribution >= 0.6 is 0 Å². The molecule has 0 aliphatic carbocycles. The van der Waals surface area contributed by atoms with Crippen LogP contribution < -0.4 is 9.47 Å². The number of Topliss-reactive ketones (excluding diaryl/α,β-unsaturated/α-hetero) is 1. The number of rotatable bonds is 6. The minimum Gasteiger partial charge on any atom is -0.457 e. The number of carbonyl (C=O) groups is 2. The van der Waals surface area contributed by atoms with Crippen molar-refractivity contribution in [3.8, 4) is 11.5 Å². The predicted octanol–water partition coefficient (Wildman–Crippen LogP) is 3.34. The van der Waals surface area contributed by atoms with Gasteiger partial charge in [0.1, 0.15) is 0 Å². The number of hydrogen-bond donors (Lipinski definition) is 0. The lowest BCUT2D eigenvalue weighted by Gasteiger charge is -2.14. The first-order chi connectivity index (χ1) is 11.7. The molecule has 0 fully saturated rings. The molecule has 0 radical (unpaired) electrons. The number of ketones is 1. The average Bonchev–Trinajstić information content (AvgIpc) is 3.09. The molecule has 1 atom stereocenters. The van der Waals surface area contributed by atoms with Crippen LogP contribution in [0.1, 0.15) is 35.2 Å². The quantitative estimate of drug-likeness (QED) is 0.602. The molecule has 5 nitrogen and oxygen atoms in total. The first-order valence-corrected chi connectivity index (χ1v) is 7.83. The maximum Gasteiger partial charge on any atom is 0.313 e. The second-order valence-electron chi connectivity index (χ2n) is 5.47. The fourth-order valence-electron chi connectivity index (χ4n) is 2.61. The predicted molar refractivity (Wildman–Crippen MR) is 87.3 cm³/mol. The van der Waals surface area contributed by atoms with E-state index in [-0.39, 0.29) is 25.1 Å². The molecule has 5 heteroatoms. The van der Waals surface area contributed by atoms with Crippen LogP contribution in [-0.2, 0) is 9.53 Å². The smallest absolute Gasteiger partial charge is 0.313 e. The Balaban J connectivity index is 1.62. The van der Waals surface area contributed by atoms with Crippen LogP contribution in [0.3, 0.4) is 0 Å². The molecule has 0 amide bonds. The summed E-state index contributed by atoms with van der Waals surface area (Å²) in [7, 11) is 0. The highest BCUT2D eigenvalue weighted by Gasteiger charge is 2.22. The van der Waals surface area contributed by atoms with Gasteiger partial charge in [-0.25, -0.2) is 0 Å². The molecule has 0 N–H and O–H groups in total. The summed E-state index contributed by atoms with van der Waals surface area (Å²) in [5.41, 5.74) is 1.32. The lowest BCUT2D eigenvalue weighted by atomic mass is 9.97. The van der Waals surface area contributed by atoms with E-state index in [0.29, 0.717) is 23.5 Å². The Kier molecular flexibility index (Phi) is 4.79. The standard InChI is InChI=1S/C19H18O5/c1-2-15(13-6-4-3-5-7-13)19(21)22-11-16(20)14-8-9-17-18(10-14)24-12-23-17/h3-10,15H,2,11-12H2,1H3. The molecule has 124 valence electrons. The Morgan fingerprint density at radius 2 is 1.83 bits per heavy atom. The van der Waals surface area contributed by atoms with E-state index in [1.165, 1.54) is 0 Å². The third-order valence-corrected chi connectivity index (χ3v) is 3.93. The molecule has 0 saturated heterocycles. The van der Waals surface area contributed by atoms with Crippen LogP contribution in [0.2, 0.25) is 0 Å².